The van der Waals surface area contributed by atoms with Crippen LogP contribution in [0.25, 0.3) is 0 Å². The molecule has 2 rings (SSSR count). The minimum Gasteiger partial charge on any atom is -0.344 e. The van der Waals surface area contributed by atoms with Crippen molar-refractivity contribution >= 4 is 17.4 Å². The minimum absolute atomic E-state index is 0.125. The van der Waals surface area contributed by atoms with Gasteiger partial charge >= 0.3 is 0 Å². The number of alkyl halides is 1. The number of halogens is 1. The average molecular weight is 205 g/mol. The molecular formula is C9H13ClO3. The van der Waals surface area contributed by atoms with Crippen LogP contribution in [-0.4, -0.2) is 29.7 Å². The van der Waals surface area contributed by atoms with Crippen molar-refractivity contribution in [1.82, 2.24) is 0 Å². The van der Waals surface area contributed by atoms with Crippen LogP contribution in [0, 0.1) is 5.92 Å². The molecule has 0 bridgehead atoms. The van der Waals surface area contributed by atoms with E-state index in [1.165, 1.54) is 0 Å². The lowest BCUT2D eigenvalue weighted by atomic mass is 10.1. The first kappa shape index (κ1) is 9.44. The molecule has 1 saturated carbocycles. The van der Waals surface area contributed by atoms with Gasteiger partial charge in [-0.1, -0.05) is 0 Å². The number of carbonyl (C=O) groups excluding carboxylic acids is 1. The third-order valence-electron chi connectivity index (χ3n) is 2.57. The third-order valence-corrected chi connectivity index (χ3v) is 2.97. The van der Waals surface area contributed by atoms with E-state index in [1.54, 1.807) is 0 Å². The van der Waals surface area contributed by atoms with Gasteiger partial charge in [0.05, 0.1) is 6.10 Å². The molecule has 1 aliphatic carbocycles. The van der Waals surface area contributed by atoms with Crippen molar-refractivity contribution in [1.29, 1.82) is 0 Å². The summed E-state index contributed by atoms with van der Waals surface area (Å²) in [5.74, 6) is 0.0874. The molecule has 0 amide bonds. The molecule has 3 atom stereocenters. The molecule has 1 heterocycles. The zero-order chi connectivity index (χ0) is 9.64. The summed E-state index contributed by atoms with van der Waals surface area (Å²) in [6.07, 6.45) is -0.00620. The van der Waals surface area contributed by atoms with Gasteiger partial charge in [-0.05, 0) is 13.8 Å². The van der Waals surface area contributed by atoms with Crippen LogP contribution in [0.1, 0.15) is 20.3 Å². The molecular weight excluding hydrogens is 192 g/mol. The van der Waals surface area contributed by atoms with Gasteiger partial charge < -0.3 is 9.47 Å². The number of hydrogen-bond donors (Lipinski definition) is 0. The number of Topliss-reactive ketones (excluding diaryl/α,β-unsaturated/α-hetero) is 1. The standard InChI is InChI=1S/C9H13ClO3/c1-9(2)12-7-5(4-10)3-6(11)8(7)13-9/h5,7-8H,3-4H2,1-2H3/t5-,7+,8-/m0/s1. The van der Waals surface area contributed by atoms with E-state index < -0.39 is 5.79 Å². The molecule has 1 saturated heterocycles. The molecule has 3 nitrogen and oxygen atoms in total. The normalized spacial score (nSPS) is 42.4. The van der Waals surface area contributed by atoms with Gasteiger partial charge in [0, 0.05) is 18.2 Å². The summed E-state index contributed by atoms with van der Waals surface area (Å²) < 4.78 is 11.1. The number of ketones is 1. The van der Waals surface area contributed by atoms with Crippen molar-refractivity contribution in [3.63, 3.8) is 0 Å². The molecule has 13 heavy (non-hydrogen) atoms. The van der Waals surface area contributed by atoms with E-state index in [2.05, 4.69) is 0 Å². The van der Waals surface area contributed by atoms with E-state index in [0.717, 1.165) is 0 Å². The third kappa shape index (κ3) is 1.49. The maximum absolute atomic E-state index is 11.4. The molecule has 4 heteroatoms. The first-order chi connectivity index (χ1) is 6.03. The highest BCUT2D eigenvalue weighted by molar-refractivity contribution is 6.18. The second-order valence-corrected chi connectivity index (χ2v) is 4.41. The molecule has 0 N–H and O–H groups in total. The van der Waals surface area contributed by atoms with Gasteiger partial charge in [-0.2, -0.15) is 0 Å². The molecule has 0 aromatic heterocycles. The van der Waals surface area contributed by atoms with Crippen LogP contribution in [0.15, 0.2) is 0 Å². The second kappa shape index (κ2) is 2.94. The molecule has 2 fully saturated rings. The maximum atomic E-state index is 11.4. The second-order valence-electron chi connectivity index (χ2n) is 4.11. The van der Waals surface area contributed by atoms with Gasteiger partial charge in [0.2, 0.25) is 0 Å². The van der Waals surface area contributed by atoms with Gasteiger partial charge in [0.1, 0.15) is 6.10 Å². The lowest BCUT2D eigenvalue weighted by Crippen LogP contribution is -2.25. The van der Waals surface area contributed by atoms with Gasteiger partial charge in [0.15, 0.2) is 11.6 Å². The van der Waals surface area contributed by atoms with Gasteiger partial charge in [-0.3, -0.25) is 4.79 Å². The Bertz CT molecular complexity index is 239. The van der Waals surface area contributed by atoms with Crippen LogP contribution in [0.5, 0.6) is 0 Å². The van der Waals surface area contributed by atoms with Crippen LogP contribution in [0.2, 0.25) is 0 Å². The minimum atomic E-state index is -0.629. The van der Waals surface area contributed by atoms with Crippen LogP contribution in [0.4, 0.5) is 0 Å². The first-order valence-corrected chi connectivity index (χ1v) is 5.01. The van der Waals surface area contributed by atoms with E-state index >= 15 is 0 Å². The summed E-state index contributed by atoms with van der Waals surface area (Å²) in [6.45, 7) is 3.65. The summed E-state index contributed by atoms with van der Waals surface area (Å²) in [4.78, 5) is 11.4. The van der Waals surface area contributed by atoms with E-state index in [1.807, 2.05) is 13.8 Å². The van der Waals surface area contributed by atoms with Gasteiger partial charge in [0.25, 0.3) is 0 Å². The monoisotopic (exact) mass is 204 g/mol. The van der Waals surface area contributed by atoms with Crippen LogP contribution >= 0.6 is 11.6 Å². The Balaban J connectivity index is 2.17. The predicted octanol–water partition coefficient (Wildman–Crippen LogP) is 1.33. The molecule has 74 valence electrons. The number of rotatable bonds is 1. The number of hydrogen-bond acceptors (Lipinski definition) is 3. The highest BCUT2D eigenvalue weighted by atomic mass is 35.5. The molecule has 0 unspecified atom stereocenters. The Morgan fingerprint density at radius 1 is 1.54 bits per heavy atom. The smallest absolute Gasteiger partial charge is 0.164 e. The summed E-state index contributed by atoms with van der Waals surface area (Å²) in [5.41, 5.74) is 0. The fourth-order valence-corrected chi connectivity index (χ4v) is 2.30. The van der Waals surface area contributed by atoms with E-state index in [-0.39, 0.29) is 23.9 Å². The Kier molecular flexibility index (Phi) is 2.13. The summed E-state index contributed by atoms with van der Waals surface area (Å²) in [5, 5.41) is 0. The Morgan fingerprint density at radius 2 is 2.23 bits per heavy atom. The van der Waals surface area contributed by atoms with Crippen LogP contribution in [-0.2, 0) is 14.3 Å². The van der Waals surface area contributed by atoms with E-state index in [9.17, 15) is 4.79 Å². The van der Waals surface area contributed by atoms with Gasteiger partial charge in [-0.15, -0.1) is 11.6 Å². The fraction of sp³-hybridized carbons (Fsp3) is 0.889. The topological polar surface area (TPSA) is 35.5 Å². The maximum Gasteiger partial charge on any atom is 0.164 e. The van der Waals surface area contributed by atoms with Crippen molar-refractivity contribution in [3.05, 3.63) is 0 Å². The SMILES string of the molecule is CC1(C)O[C@@H]2[C@H](CCl)CC(=O)[C@@H]2O1. The molecule has 0 aromatic carbocycles. The number of fused-ring (bicyclic) bond motifs is 1. The first-order valence-electron chi connectivity index (χ1n) is 4.48. The summed E-state index contributed by atoms with van der Waals surface area (Å²) in [7, 11) is 0. The van der Waals surface area contributed by atoms with Crippen molar-refractivity contribution in [2.45, 2.75) is 38.3 Å². The Morgan fingerprint density at radius 3 is 2.85 bits per heavy atom. The zero-order valence-electron chi connectivity index (χ0n) is 7.75. The van der Waals surface area contributed by atoms with Crippen molar-refractivity contribution in [2.75, 3.05) is 5.88 Å². The fourth-order valence-electron chi connectivity index (χ4n) is 2.02. The van der Waals surface area contributed by atoms with Crippen molar-refractivity contribution in [2.24, 2.45) is 5.92 Å². The molecule has 2 aliphatic rings. The van der Waals surface area contributed by atoms with E-state index in [0.29, 0.717) is 12.3 Å². The number of carbonyl (C=O) groups is 1. The highest BCUT2D eigenvalue weighted by Gasteiger charge is 2.53. The van der Waals surface area contributed by atoms with E-state index in [4.69, 9.17) is 21.1 Å². The Hall–Kier alpha value is -0.120. The zero-order valence-corrected chi connectivity index (χ0v) is 8.50. The largest absolute Gasteiger partial charge is 0.344 e. The molecule has 0 spiro atoms. The van der Waals surface area contributed by atoms with Crippen molar-refractivity contribution < 1.29 is 14.3 Å². The average Bonchev–Trinajstić information content (AvgIpc) is 2.47. The van der Waals surface area contributed by atoms with Crippen molar-refractivity contribution in [3.8, 4) is 0 Å². The number of ether oxygens (including phenoxy) is 2. The molecule has 0 aromatic rings. The molecule has 0 radical (unpaired) electrons. The predicted molar refractivity (Wildman–Crippen MR) is 47.7 cm³/mol. The van der Waals surface area contributed by atoms with Crippen LogP contribution < -0.4 is 0 Å². The summed E-state index contributed by atoms with van der Waals surface area (Å²) in [6, 6.07) is 0. The summed E-state index contributed by atoms with van der Waals surface area (Å²) >= 11 is 5.75. The molecule has 1 aliphatic heterocycles. The lowest BCUT2D eigenvalue weighted by Gasteiger charge is -2.19. The van der Waals surface area contributed by atoms with Gasteiger partial charge in [-0.25, -0.2) is 0 Å². The quantitative estimate of drug-likeness (QED) is 0.605. The lowest BCUT2D eigenvalue weighted by molar-refractivity contribution is -0.162. The van der Waals surface area contributed by atoms with Crippen LogP contribution in [0.3, 0.4) is 0 Å². The highest BCUT2D eigenvalue weighted by Crippen LogP contribution is 2.39. The Labute approximate surface area is 82.3 Å².